The Morgan fingerprint density at radius 2 is 1.95 bits per heavy atom. The van der Waals surface area contributed by atoms with Gasteiger partial charge < -0.3 is 10.6 Å². The van der Waals surface area contributed by atoms with Crippen LogP contribution in [0.4, 0.5) is 0 Å². The zero-order valence-electron chi connectivity index (χ0n) is 11.9. The molecule has 1 unspecified atom stereocenters. The first-order valence-electron chi connectivity index (χ1n) is 6.77. The molecule has 21 heavy (non-hydrogen) atoms. The van der Waals surface area contributed by atoms with E-state index in [0.717, 1.165) is 13.1 Å². The number of hydrogen-bond donors (Lipinski definition) is 2. The van der Waals surface area contributed by atoms with Gasteiger partial charge in [0.2, 0.25) is 5.91 Å². The number of benzene rings is 1. The van der Waals surface area contributed by atoms with Crippen LogP contribution in [0, 0.1) is 11.8 Å². The van der Waals surface area contributed by atoms with Crippen molar-refractivity contribution < 1.29 is 13.2 Å². The van der Waals surface area contributed by atoms with Gasteiger partial charge in [-0.05, 0) is 31.1 Å². The number of nitrogens with one attached hydrogen (secondary N) is 2. The molecule has 2 rings (SSSR count). The van der Waals surface area contributed by atoms with Gasteiger partial charge in [-0.1, -0.05) is 25.1 Å². The third kappa shape index (κ3) is 4.69. The number of hydrogen-bond acceptors (Lipinski definition) is 4. The van der Waals surface area contributed by atoms with Crippen molar-refractivity contribution in [1.82, 2.24) is 10.6 Å². The molecule has 0 bridgehead atoms. The van der Waals surface area contributed by atoms with Gasteiger partial charge in [-0.15, -0.1) is 12.4 Å². The van der Waals surface area contributed by atoms with Crippen LogP contribution >= 0.6 is 12.4 Å². The van der Waals surface area contributed by atoms with E-state index in [9.17, 15) is 13.2 Å². The second-order valence-electron chi connectivity index (χ2n) is 5.13. The molecule has 0 radical (unpaired) electrons. The number of sulfone groups is 1. The molecule has 1 aromatic rings. The maximum Gasteiger partial charge on any atom is 0.223 e. The van der Waals surface area contributed by atoms with E-state index in [2.05, 4.69) is 10.6 Å². The lowest BCUT2D eigenvalue weighted by Crippen LogP contribution is -2.50. The van der Waals surface area contributed by atoms with Crippen molar-refractivity contribution in [3.8, 4) is 0 Å². The van der Waals surface area contributed by atoms with Gasteiger partial charge in [0.05, 0.1) is 10.6 Å². The van der Waals surface area contributed by atoms with Gasteiger partial charge in [0.25, 0.3) is 0 Å². The zero-order chi connectivity index (χ0) is 14.6. The second-order valence-corrected chi connectivity index (χ2v) is 7.24. The molecule has 0 saturated carbocycles. The molecular formula is C14H21ClN2O3S. The monoisotopic (exact) mass is 332 g/mol. The first-order chi connectivity index (χ1) is 9.50. The summed E-state index contributed by atoms with van der Waals surface area (Å²) in [6.07, 6.45) is 0. The van der Waals surface area contributed by atoms with Crippen molar-refractivity contribution in [1.29, 1.82) is 0 Å². The Morgan fingerprint density at radius 3 is 2.48 bits per heavy atom. The molecule has 2 N–H and O–H groups in total. The van der Waals surface area contributed by atoms with E-state index in [4.69, 9.17) is 0 Å². The minimum atomic E-state index is -3.32. The molecule has 118 valence electrons. The van der Waals surface area contributed by atoms with Crippen LogP contribution in [0.3, 0.4) is 0 Å². The van der Waals surface area contributed by atoms with Gasteiger partial charge >= 0.3 is 0 Å². The Kier molecular flexibility index (Phi) is 6.64. The van der Waals surface area contributed by atoms with E-state index in [-0.39, 0.29) is 36.5 Å². The van der Waals surface area contributed by atoms with Crippen LogP contribution in [-0.4, -0.2) is 39.7 Å². The van der Waals surface area contributed by atoms with E-state index in [0.29, 0.717) is 10.8 Å². The third-order valence-electron chi connectivity index (χ3n) is 3.71. The maximum absolute atomic E-state index is 12.0. The second kappa shape index (κ2) is 7.77. The van der Waals surface area contributed by atoms with Gasteiger partial charge in [0.15, 0.2) is 9.84 Å². The van der Waals surface area contributed by atoms with E-state index in [1.165, 1.54) is 0 Å². The predicted octanol–water partition coefficient (Wildman–Crippen LogP) is 0.854. The van der Waals surface area contributed by atoms with Gasteiger partial charge in [0, 0.05) is 12.5 Å². The molecule has 7 heteroatoms. The van der Waals surface area contributed by atoms with Crippen molar-refractivity contribution in [3.05, 3.63) is 30.3 Å². The summed E-state index contributed by atoms with van der Waals surface area (Å²) in [5.74, 6) is 0.148. The quantitative estimate of drug-likeness (QED) is 0.810. The van der Waals surface area contributed by atoms with Crippen molar-refractivity contribution in [2.24, 2.45) is 11.8 Å². The van der Waals surface area contributed by atoms with E-state index < -0.39 is 9.84 Å². The van der Waals surface area contributed by atoms with Crippen LogP contribution in [0.25, 0.3) is 0 Å². The van der Waals surface area contributed by atoms with E-state index in [1.54, 1.807) is 30.3 Å². The molecule has 0 aliphatic carbocycles. The van der Waals surface area contributed by atoms with Crippen molar-refractivity contribution in [3.63, 3.8) is 0 Å². The molecule has 1 atom stereocenters. The summed E-state index contributed by atoms with van der Waals surface area (Å²) in [4.78, 5) is 12.2. The summed E-state index contributed by atoms with van der Waals surface area (Å²) < 4.78 is 24.0. The Labute approximate surface area is 131 Å². The first kappa shape index (κ1) is 17.9. The molecule has 1 aliphatic heterocycles. The summed E-state index contributed by atoms with van der Waals surface area (Å²) in [6.45, 7) is 3.75. The summed E-state index contributed by atoms with van der Waals surface area (Å²) in [6, 6.07) is 8.29. The number of carbonyl (C=O) groups excluding carboxylic acids is 1. The average molecular weight is 333 g/mol. The third-order valence-corrected chi connectivity index (χ3v) is 5.44. The molecule has 0 aromatic heterocycles. The van der Waals surface area contributed by atoms with Crippen molar-refractivity contribution in [2.75, 3.05) is 25.4 Å². The highest BCUT2D eigenvalue weighted by molar-refractivity contribution is 7.91. The molecule has 1 aliphatic rings. The molecule has 1 fully saturated rings. The van der Waals surface area contributed by atoms with Gasteiger partial charge in [-0.2, -0.15) is 0 Å². The Hall–Kier alpha value is -1.11. The summed E-state index contributed by atoms with van der Waals surface area (Å²) in [5.41, 5.74) is 0. The SMILES string of the molecule is CC(C(=O)NCCS(=O)(=O)c1ccccc1)C1CNC1.Cl. The van der Waals surface area contributed by atoms with Crippen LogP contribution in [0.2, 0.25) is 0 Å². The maximum atomic E-state index is 12.0. The lowest BCUT2D eigenvalue weighted by atomic mass is 9.88. The smallest absolute Gasteiger partial charge is 0.223 e. The predicted molar refractivity (Wildman–Crippen MR) is 84.3 cm³/mol. The van der Waals surface area contributed by atoms with Gasteiger partial charge in [0.1, 0.15) is 0 Å². The highest BCUT2D eigenvalue weighted by atomic mass is 35.5. The summed E-state index contributed by atoms with van der Waals surface area (Å²) in [5, 5.41) is 5.83. The van der Waals surface area contributed by atoms with Crippen LogP contribution in [0.5, 0.6) is 0 Å². The van der Waals surface area contributed by atoms with E-state index in [1.807, 2.05) is 6.92 Å². The van der Waals surface area contributed by atoms with Crippen LogP contribution < -0.4 is 10.6 Å². The fraction of sp³-hybridized carbons (Fsp3) is 0.500. The zero-order valence-corrected chi connectivity index (χ0v) is 13.5. The van der Waals surface area contributed by atoms with E-state index >= 15 is 0 Å². The number of carbonyl (C=O) groups is 1. The molecular weight excluding hydrogens is 312 g/mol. The highest BCUT2D eigenvalue weighted by Crippen LogP contribution is 2.15. The fourth-order valence-electron chi connectivity index (χ4n) is 2.09. The molecule has 1 aromatic carbocycles. The van der Waals surface area contributed by atoms with Crippen LogP contribution in [0.1, 0.15) is 6.92 Å². The molecule has 1 saturated heterocycles. The number of rotatable bonds is 6. The first-order valence-corrected chi connectivity index (χ1v) is 8.42. The highest BCUT2D eigenvalue weighted by Gasteiger charge is 2.28. The minimum absolute atomic E-state index is 0. The van der Waals surface area contributed by atoms with Crippen molar-refractivity contribution in [2.45, 2.75) is 11.8 Å². The fourth-order valence-corrected chi connectivity index (χ4v) is 3.27. The normalized spacial score (nSPS) is 16.4. The Morgan fingerprint density at radius 1 is 1.33 bits per heavy atom. The molecule has 5 nitrogen and oxygen atoms in total. The summed E-state index contributed by atoms with van der Waals surface area (Å²) >= 11 is 0. The molecule has 0 spiro atoms. The minimum Gasteiger partial charge on any atom is -0.355 e. The topological polar surface area (TPSA) is 75.3 Å². The van der Waals surface area contributed by atoms with Crippen LogP contribution in [-0.2, 0) is 14.6 Å². The Balaban J connectivity index is 0.00000220. The number of amides is 1. The van der Waals surface area contributed by atoms with Crippen molar-refractivity contribution >= 4 is 28.2 Å². The van der Waals surface area contributed by atoms with Crippen LogP contribution in [0.15, 0.2) is 35.2 Å². The summed E-state index contributed by atoms with van der Waals surface area (Å²) in [7, 11) is -3.32. The lowest BCUT2D eigenvalue weighted by molar-refractivity contribution is -0.126. The van der Waals surface area contributed by atoms with Gasteiger partial charge in [-0.3, -0.25) is 4.79 Å². The van der Waals surface area contributed by atoms with Gasteiger partial charge in [-0.25, -0.2) is 8.42 Å². The molecule has 1 heterocycles. The average Bonchev–Trinajstić information content (AvgIpc) is 2.37. The lowest BCUT2D eigenvalue weighted by Gasteiger charge is -2.31. The Bertz CT molecular complexity index is 559. The standard InChI is InChI=1S/C14H20N2O3S.ClH/c1-11(12-9-15-10-12)14(17)16-7-8-20(18,19)13-5-3-2-4-6-13;/h2-6,11-12,15H,7-10H2,1H3,(H,16,17);1H. The number of halogens is 1. The largest absolute Gasteiger partial charge is 0.355 e. The molecule has 1 amide bonds.